The van der Waals surface area contributed by atoms with E-state index in [9.17, 15) is 4.79 Å². The van der Waals surface area contributed by atoms with Crippen LogP contribution < -0.4 is 15.1 Å². The normalized spacial score (nSPS) is 17.1. The van der Waals surface area contributed by atoms with Crippen molar-refractivity contribution in [3.63, 3.8) is 0 Å². The van der Waals surface area contributed by atoms with Crippen LogP contribution >= 0.6 is 22.9 Å². The number of hydrogen-bond acceptors (Lipinski definition) is 11. The summed E-state index contributed by atoms with van der Waals surface area (Å²) < 4.78 is 11.6. The molecule has 3 aromatic rings. The van der Waals surface area contributed by atoms with Crippen molar-refractivity contribution in [2.24, 2.45) is 5.92 Å². The van der Waals surface area contributed by atoms with Gasteiger partial charge in [0.15, 0.2) is 5.82 Å². The number of carbonyl (C=O) groups is 1. The van der Waals surface area contributed by atoms with Crippen LogP contribution in [0.4, 0.5) is 11.8 Å². The highest BCUT2D eigenvalue weighted by atomic mass is 35.5. The van der Waals surface area contributed by atoms with Gasteiger partial charge >= 0.3 is 5.97 Å². The van der Waals surface area contributed by atoms with Crippen molar-refractivity contribution in [3.8, 4) is 0 Å². The van der Waals surface area contributed by atoms with Crippen molar-refractivity contribution in [1.29, 1.82) is 0 Å². The largest absolute Gasteiger partial charge is 0.462 e. The highest BCUT2D eigenvalue weighted by Crippen LogP contribution is 2.33. The minimum atomic E-state index is -0.389. The molecule has 10 nitrogen and oxygen atoms in total. The lowest BCUT2D eigenvalue weighted by atomic mass is 9.97. The summed E-state index contributed by atoms with van der Waals surface area (Å²) in [6.45, 7) is 8.67. The third-order valence-electron chi connectivity index (χ3n) is 6.47. The Hall–Kier alpha value is -2.60. The summed E-state index contributed by atoms with van der Waals surface area (Å²) in [4.78, 5) is 35.1. The first-order valence-corrected chi connectivity index (χ1v) is 13.5. The molecule has 2 saturated heterocycles. The van der Waals surface area contributed by atoms with Gasteiger partial charge in [0, 0.05) is 50.0 Å². The fourth-order valence-electron chi connectivity index (χ4n) is 4.55. The molecule has 0 aromatic carbocycles. The molecule has 0 unspecified atom stereocenters. The van der Waals surface area contributed by atoms with Crippen LogP contribution in [0.3, 0.4) is 0 Å². The third kappa shape index (κ3) is 5.86. The summed E-state index contributed by atoms with van der Waals surface area (Å²) in [5.74, 6) is 1.78. The standard InChI is InChI=1S/C24H30ClN7O3S/c1-2-35-22(33)17-13-27-24(28-14-17)32-5-3-16(4-6-32)12-26-15-18-11-19-20(36-18)21(30-23(25)29-19)31-7-9-34-10-8-31/h11,13-14,16,26H,2-10,12,15H2,1H3. The number of anilines is 2. The maximum atomic E-state index is 11.8. The summed E-state index contributed by atoms with van der Waals surface area (Å²) in [5.41, 5.74) is 1.28. The number of piperidine rings is 1. The molecule has 192 valence electrons. The topological polar surface area (TPSA) is 106 Å². The minimum Gasteiger partial charge on any atom is -0.462 e. The fourth-order valence-corrected chi connectivity index (χ4v) is 5.81. The lowest BCUT2D eigenvalue weighted by molar-refractivity contribution is 0.0525. The maximum Gasteiger partial charge on any atom is 0.341 e. The molecule has 0 radical (unpaired) electrons. The van der Waals surface area contributed by atoms with Gasteiger partial charge in [-0.1, -0.05) is 0 Å². The zero-order chi connectivity index (χ0) is 24.9. The Labute approximate surface area is 219 Å². The van der Waals surface area contributed by atoms with Crippen LogP contribution in [-0.2, 0) is 16.0 Å². The Kier molecular flexibility index (Phi) is 8.10. The molecular weight excluding hydrogens is 502 g/mol. The van der Waals surface area contributed by atoms with E-state index in [1.54, 1.807) is 30.7 Å². The maximum absolute atomic E-state index is 11.8. The van der Waals surface area contributed by atoms with Gasteiger partial charge in [-0.05, 0) is 49.9 Å². The van der Waals surface area contributed by atoms with Crippen molar-refractivity contribution < 1.29 is 14.3 Å². The number of thiophene rings is 1. The predicted octanol–water partition coefficient (Wildman–Crippen LogP) is 3.15. The van der Waals surface area contributed by atoms with E-state index < -0.39 is 0 Å². The Morgan fingerprint density at radius 1 is 1.17 bits per heavy atom. The van der Waals surface area contributed by atoms with Crippen LogP contribution in [-0.4, -0.2) is 78.4 Å². The minimum absolute atomic E-state index is 0.285. The van der Waals surface area contributed by atoms with Crippen molar-refractivity contribution in [2.45, 2.75) is 26.3 Å². The van der Waals surface area contributed by atoms with E-state index in [0.717, 1.165) is 68.1 Å². The molecular formula is C24H30ClN7O3S. The number of esters is 1. The van der Waals surface area contributed by atoms with Gasteiger partial charge < -0.3 is 24.6 Å². The number of nitrogens with one attached hydrogen (secondary N) is 1. The van der Waals surface area contributed by atoms with Crippen molar-refractivity contribution in [1.82, 2.24) is 25.3 Å². The number of fused-ring (bicyclic) bond motifs is 1. The molecule has 3 aromatic heterocycles. The van der Waals surface area contributed by atoms with Gasteiger partial charge in [-0.3, -0.25) is 0 Å². The Balaban J connectivity index is 1.12. The zero-order valence-corrected chi connectivity index (χ0v) is 21.9. The zero-order valence-electron chi connectivity index (χ0n) is 20.3. The molecule has 0 aliphatic carbocycles. The van der Waals surface area contributed by atoms with Crippen LogP contribution in [0.2, 0.25) is 5.28 Å². The van der Waals surface area contributed by atoms with E-state index >= 15 is 0 Å². The molecule has 36 heavy (non-hydrogen) atoms. The van der Waals surface area contributed by atoms with Gasteiger partial charge in [0.25, 0.3) is 0 Å². The second kappa shape index (κ2) is 11.6. The first-order valence-electron chi connectivity index (χ1n) is 12.3. The van der Waals surface area contributed by atoms with Gasteiger partial charge in [0.2, 0.25) is 11.2 Å². The monoisotopic (exact) mass is 531 g/mol. The lowest BCUT2D eigenvalue weighted by Crippen LogP contribution is -2.38. The van der Waals surface area contributed by atoms with Gasteiger partial charge in [-0.25, -0.2) is 19.7 Å². The summed E-state index contributed by atoms with van der Waals surface area (Å²) in [6.07, 6.45) is 5.21. The van der Waals surface area contributed by atoms with E-state index in [1.165, 1.54) is 4.88 Å². The first-order chi connectivity index (χ1) is 17.6. The highest BCUT2D eigenvalue weighted by molar-refractivity contribution is 7.19. The third-order valence-corrected chi connectivity index (χ3v) is 7.76. The molecule has 0 saturated carbocycles. The van der Waals surface area contributed by atoms with E-state index in [0.29, 0.717) is 37.3 Å². The molecule has 1 N–H and O–H groups in total. The SMILES string of the molecule is CCOC(=O)c1cnc(N2CCC(CNCc3cc4nc(Cl)nc(N5CCOCC5)c4s3)CC2)nc1. The number of morpholine rings is 1. The van der Waals surface area contributed by atoms with Crippen molar-refractivity contribution in [2.75, 3.05) is 62.3 Å². The van der Waals surface area contributed by atoms with Crippen LogP contribution in [0.25, 0.3) is 10.2 Å². The number of halogens is 1. The van der Waals surface area contributed by atoms with Crippen LogP contribution in [0, 0.1) is 5.92 Å². The number of carbonyl (C=O) groups excluding carboxylic acids is 1. The van der Waals surface area contributed by atoms with Crippen LogP contribution in [0.5, 0.6) is 0 Å². The lowest BCUT2D eigenvalue weighted by Gasteiger charge is -2.32. The molecule has 2 fully saturated rings. The fraction of sp³-hybridized carbons (Fsp3) is 0.542. The molecule has 0 bridgehead atoms. The van der Waals surface area contributed by atoms with Gasteiger partial charge in [-0.2, -0.15) is 4.98 Å². The van der Waals surface area contributed by atoms with E-state index in [-0.39, 0.29) is 11.3 Å². The Morgan fingerprint density at radius 3 is 2.64 bits per heavy atom. The predicted molar refractivity (Wildman–Crippen MR) is 140 cm³/mol. The summed E-state index contributed by atoms with van der Waals surface area (Å²) in [5, 5.41) is 3.91. The number of nitrogens with zero attached hydrogens (tertiary/aromatic N) is 6. The Morgan fingerprint density at radius 2 is 1.92 bits per heavy atom. The van der Waals surface area contributed by atoms with Gasteiger partial charge in [0.05, 0.1) is 35.6 Å². The van der Waals surface area contributed by atoms with Crippen molar-refractivity contribution >= 4 is 50.9 Å². The molecule has 0 spiro atoms. The molecule has 5 heterocycles. The van der Waals surface area contributed by atoms with Crippen molar-refractivity contribution in [3.05, 3.63) is 34.2 Å². The van der Waals surface area contributed by atoms with E-state index in [4.69, 9.17) is 21.1 Å². The summed E-state index contributed by atoms with van der Waals surface area (Å²) in [6, 6.07) is 2.12. The van der Waals surface area contributed by atoms with Crippen LogP contribution in [0.1, 0.15) is 35.0 Å². The highest BCUT2D eigenvalue weighted by Gasteiger charge is 2.22. The number of ether oxygens (including phenoxy) is 2. The molecule has 12 heteroatoms. The van der Waals surface area contributed by atoms with Gasteiger partial charge in [-0.15, -0.1) is 11.3 Å². The Bertz CT molecular complexity index is 1180. The molecule has 5 rings (SSSR count). The van der Waals surface area contributed by atoms with E-state index in [2.05, 4.69) is 41.1 Å². The quantitative estimate of drug-likeness (QED) is 0.344. The number of rotatable bonds is 8. The van der Waals surface area contributed by atoms with Gasteiger partial charge in [0.1, 0.15) is 0 Å². The smallest absolute Gasteiger partial charge is 0.341 e. The summed E-state index contributed by atoms with van der Waals surface area (Å²) >= 11 is 7.95. The van der Waals surface area contributed by atoms with Crippen LogP contribution in [0.15, 0.2) is 18.5 Å². The first kappa shape index (κ1) is 25.1. The molecule has 0 atom stereocenters. The molecule has 2 aliphatic rings. The number of aromatic nitrogens is 4. The second-order valence-corrected chi connectivity index (χ2v) is 10.4. The molecule has 0 amide bonds. The average Bonchev–Trinajstić information content (AvgIpc) is 3.32. The second-order valence-electron chi connectivity index (χ2n) is 8.90. The summed E-state index contributed by atoms with van der Waals surface area (Å²) in [7, 11) is 0. The van der Waals surface area contributed by atoms with E-state index in [1.807, 2.05) is 0 Å². The average molecular weight is 532 g/mol. The number of hydrogen-bond donors (Lipinski definition) is 1. The molecule has 2 aliphatic heterocycles.